The molecule has 3 amide bonds. The number of halogens is 5. The van der Waals surface area contributed by atoms with Crippen molar-refractivity contribution in [1.82, 2.24) is 14.9 Å². The fourth-order valence-corrected chi connectivity index (χ4v) is 3.41. The van der Waals surface area contributed by atoms with Gasteiger partial charge in [0.2, 0.25) is 5.91 Å². The fraction of sp³-hybridized carbons (Fsp3) is 0.368. The molecule has 2 aromatic heterocycles. The largest absolute Gasteiger partial charge is 0.417 e. The smallest absolute Gasteiger partial charge is 0.310 e. The number of urea groups is 1. The van der Waals surface area contributed by atoms with Gasteiger partial charge in [0.05, 0.1) is 11.6 Å². The molecule has 0 unspecified atom stereocenters. The van der Waals surface area contributed by atoms with Crippen molar-refractivity contribution in [3.05, 3.63) is 47.0 Å². The van der Waals surface area contributed by atoms with Gasteiger partial charge in [0.25, 0.3) is 0 Å². The zero-order valence-electron chi connectivity index (χ0n) is 16.3. The second-order valence-electron chi connectivity index (χ2n) is 6.90. The topological polar surface area (TPSA) is 78.4 Å². The van der Waals surface area contributed by atoms with Gasteiger partial charge in [-0.15, -0.1) is 0 Å². The minimum absolute atomic E-state index is 0.00927. The molecule has 1 atom stereocenters. The number of alkyl halides is 3. The fourth-order valence-electron chi connectivity index (χ4n) is 3.25. The molecule has 31 heavy (non-hydrogen) atoms. The minimum Gasteiger partial charge on any atom is -0.310 e. The maximum Gasteiger partial charge on any atom is 0.417 e. The number of hydrogen-bond donors (Lipinski definition) is 1. The summed E-state index contributed by atoms with van der Waals surface area (Å²) in [5, 5.41) is 2.88. The van der Waals surface area contributed by atoms with Gasteiger partial charge in [0.1, 0.15) is 12.4 Å². The third-order valence-corrected chi connectivity index (χ3v) is 4.88. The predicted octanol–water partition coefficient (Wildman–Crippen LogP) is 4.34. The van der Waals surface area contributed by atoms with E-state index in [4.69, 9.17) is 11.6 Å². The SMILES string of the molecule is CCC[C@H]1CN(c2ncc(C(F)(F)F)cc2F)C(=O)N1CC(=O)Nc1cc(Cl)ccn1. The molecular weight excluding hydrogens is 442 g/mol. The number of hydrogen-bond acceptors (Lipinski definition) is 4. The molecule has 0 saturated carbocycles. The van der Waals surface area contributed by atoms with Crippen molar-refractivity contribution < 1.29 is 27.2 Å². The summed E-state index contributed by atoms with van der Waals surface area (Å²) in [6, 6.07) is 2.09. The monoisotopic (exact) mass is 459 g/mol. The van der Waals surface area contributed by atoms with Gasteiger partial charge >= 0.3 is 12.2 Å². The van der Waals surface area contributed by atoms with Crippen LogP contribution in [0.5, 0.6) is 0 Å². The molecule has 1 aliphatic rings. The van der Waals surface area contributed by atoms with E-state index >= 15 is 0 Å². The minimum atomic E-state index is -4.76. The molecule has 1 saturated heterocycles. The van der Waals surface area contributed by atoms with Crippen LogP contribution in [-0.2, 0) is 11.0 Å². The summed E-state index contributed by atoms with van der Waals surface area (Å²) in [6.07, 6.45) is -1.71. The zero-order chi connectivity index (χ0) is 22.8. The summed E-state index contributed by atoms with van der Waals surface area (Å²) in [5.41, 5.74) is -1.25. The molecule has 7 nitrogen and oxygen atoms in total. The first kappa shape index (κ1) is 22.7. The normalized spacial score (nSPS) is 16.7. The highest BCUT2D eigenvalue weighted by Crippen LogP contribution is 2.32. The standard InChI is InChI=1S/C19H18ClF4N5O2/c1-2-3-13-9-29(17-14(21)6-11(8-26-17)19(22,23)24)18(31)28(13)10-16(30)27-15-7-12(20)4-5-25-15/h4-8,13H,2-3,9-10H2,1H3,(H,25,27,30)/t13-/m0/s1. The van der Waals surface area contributed by atoms with Gasteiger partial charge in [-0.05, 0) is 24.6 Å². The van der Waals surface area contributed by atoms with Crippen LogP contribution in [-0.4, -0.2) is 45.9 Å². The van der Waals surface area contributed by atoms with E-state index in [-0.39, 0.29) is 18.9 Å². The second-order valence-corrected chi connectivity index (χ2v) is 7.33. The Morgan fingerprint density at radius 3 is 2.68 bits per heavy atom. The molecule has 12 heteroatoms. The Balaban J connectivity index is 1.78. The van der Waals surface area contributed by atoms with Crippen LogP contribution in [0.25, 0.3) is 0 Å². The molecule has 0 aliphatic carbocycles. The molecule has 0 bridgehead atoms. The first-order chi connectivity index (χ1) is 14.6. The Morgan fingerprint density at radius 2 is 2.06 bits per heavy atom. The van der Waals surface area contributed by atoms with Crippen molar-refractivity contribution in [3.8, 4) is 0 Å². The zero-order valence-corrected chi connectivity index (χ0v) is 17.0. The lowest BCUT2D eigenvalue weighted by Crippen LogP contribution is -2.41. The molecular formula is C19H18ClF4N5O2. The number of pyridine rings is 2. The number of carbonyl (C=O) groups is 2. The summed E-state index contributed by atoms with van der Waals surface area (Å²) in [7, 11) is 0. The van der Waals surface area contributed by atoms with Gasteiger partial charge in [-0.1, -0.05) is 24.9 Å². The van der Waals surface area contributed by atoms with Crippen LogP contribution in [0, 0.1) is 5.82 Å². The highest BCUT2D eigenvalue weighted by molar-refractivity contribution is 6.30. The van der Waals surface area contributed by atoms with Gasteiger partial charge in [-0.2, -0.15) is 13.2 Å². The highest BCUT2D eigenvalue weighted by atomic mass is 35.5. The van der Waals surface area contributed by atoms with Gasteiger partial charge < -0.3 is 10.2 Å². The summed E-state index contributed by atoms with van der Waals surface area (Å²) < 4.78 is 52.7. The third-order valence-electron chi connectivity index (χ3n) is 4.64. The number of carbonyl (C=O) groups excluding carboxylic acids is 2. The Morgan fingerprint density at radius 1 is 1.32 bits per heavy atom. The molecule has 1 N–H and O–H groups in total. The lowest BCUT2D eigenvalue weighted by Gasteiger charge is -2.22. The lowest BCUT2D eigenvalue weighted by molar-refractivity contribution is -0.138. The van der Waals surface area contributed by atoms with Crippen molar-refractivity contribution in [1.29, 1.82) is 0 Å². The van der Waals surface area contributed by atoms with E-state index in [9.17, 15) is 27.2 Å². The lowest BCUT2D eigenvalue weighted by atomic mass is 10.1. The maximum atomic E-state index is 14.4. The number of amides is 3. The quantitative estimate of drug-likeness (QED) is 0.652. The summed E-state index contributed by atoms with van der Waals surface area (Å²) in [4.78, 5) is 34.9. The van der Waals surface area contributed by atoms with E-state index in [0.717, 1.165) is 4.90 Å². The Bertz CT molecular complexity index is 988. The van der Waals surface area contributed by atoms with Crippen molar-refractivity contribution >= 4 is 35.2 Å². The second kappa shape index (κ2) is 9.04. The average molecular weight is 460 g/mol. The van der Waals surface area contributed by atoms with E-state index < -0.39 is 41.4 Å². The van der Waals surface area contributed by atoms with Crippen molar-refractivity contribution in [2.75, 3.05) is 23.3 Å². The van der Waals surface area contributed by atoms with E-state index in [1.165, 1.54) is 23.2 Å². The number of anilines is 2. The van der Waals surface area contributed by atoms with Gasteiger partial charge in [0, 0.05) is 24.0 Å². The van der Waals surface area contributed by atoms with Crippen LogP contribution in [0.15, 0.2) is 30.6 Å². The number of aromatic nitrogens is 2. The highest BCUT2D eigenvalue weighted by Gasteiger charge is 2.41. The van der Waals surface area contributed by atoms with Crippen molar-refractivity contribution in [2.45, 2.75) is 32.0 Å². The first-order valence-corrected chi connectivity index (χ1v) is 9.70. The van der Waals surface area contributed by atoms with E-state index in [2.05, 4.69) is 15.3 Å². The molecule has 3 rings (SSSR count). The number of nitrogens with zero attached hydrogens (tertiary/aromatic N) is 4. The van der Waals surface area contributed by atoms with Gasteiger partial charge in [-0.25, -0.2) is 19.2 Å². The van der Waals surface area contributed by atoms with Gasteiger partial charge in [0.15, 0.2) is 11.6 Å². The summed E-state index contributed by atoms with van der Waals surface area (Å²) in [5.74, 6) is -2.14. The Kier molecular flexibility index (Phi) is 6.63. The van der Waals surface area contributed by atoms with E-state index in [1.807, 2.05) is 6.92 Å². The molecule has 1 aliphatic heterocycles. The van der Waals surface area contributed by atoms with Crippen molar-refractivity contribution in [3.63, 3.8) is 0 Å². The maximum absolute atomic E-state index is 14.4. The van der Waals surface area contributed by atoms with Crippen molar-refractivity contribution in [2.24, 2.45) is 0 Å². The van der Waals surface area contributed by atoms with Crippen LogP contribution >= 0.6 is 11.6 Å². The molecule has 1 fully saturated rings. The third kappa shape index (κ3) is 5.22. The van der Waals surface area contributed by atoms with Crippen LogP contribution in [0.1, 0.15) is 25.3 Å². The van der Waals surface area contributed by atoms with Crippen LogP contribution in [0.4, 0.5) is 34.0 Å². The molecule has 3 heterocycles. The Hall–Kier alpha value is -2.95. The average Bonchev–Trinajstić information content (AvgIpc) is 2.97. The van der Waals surface area contributed by atoms with Crippen LogP contribution in [0.2, 0.25) is 5.02 Å². The van der Waals surface area contributed by atoms with Crippen LogP contribution < -0.4 is 10.2 Å². The molecule has 0 aromatic carbocycles. The number of nitrogens with one attached hydrogen (secondary N) is 1. The van der Waals surface area contributed by atoms with Gasteiger partial charge in [-0.3, -0.25) is 9.69 Å². The summed E-state index contributed by atoms with van der Waals surface area (Å²) >= 11 is 5.85. The molecule has 0 radical (unpaired) electrons. The molecule has 2 aromatic rings. The molecule has 166 valence electrons. The first-order valence-electron chi connectivity index (χ1n) is 9.32. The predicted molar refractivity (Wildman–Crippen MR) is 105 cm³/mol. The van der Waals surface area contributed by atoms with Crippen LogP contribution in [0.3, 0.4) is 0 Å². The van der Waals surface area contributed by atoms with E-state index in [0.29, 0.717) is 30.1 Å². The summed E-state index contributed by atoms with van der Waals surface area (Å²) in [6.45, 7) is 1.51. The Labute approximate surface area is 180 Å². The van der Waals surface area contributed by atoms with E-state index in [1.54, 1.807) is 0 Å². The number of rotatable bonds is 6. The molecule has 0 spiro atoms.